The maximum absolute atomic E-state index is 4.28. The lowest BCUT2D eigenvalue weighted by atomic mass is 10.1. The second-order valence-electron chi connectivity index (χ2n) is 5.59. The predicted molar refractivity (Wildman–Crippen MR) is 76.8 cm³/mol. The van der Waals surface area contributed by atoms with Crippen molar-refractivity contribution in [1.29, 1.82) is 0 Å². The number of anilines is 1. The van der Waals surface area contributed by atoms with Gasteiger partial charge in [-0.25, -0.2) is 0 Å². The Kier molecular flexibility index (Phi) is 3.41. The van der Waals surface area contributed by atoms with Gasteiger partial charge in [0.2, 0.25) is 0 Å². The molecule has 0 amide bonds. The van der Waals surface area contributed by atoms with E-state index in [0.29, 0.717) is 0 Å². The summed E-state index contributed by atoms with van der Waals surface area (Å²) in [6.07, 6.45) is 1.07. The molecular weight excluding hydrogens is 222 g/mol. The summed E-state index contributed by atoms with van der Waals surface area (Å²) in [6, 6.07) is 10.6. The molecule has 2 rings (SSSR count). The quantitative estimate of drug-likeness (QED) is 0.859. The van der Waals surface area contributed by atoms with Gasteiger partial charge >= 0.3 is 0 Å². The Morgan fingerprint density at radius 1 is 1.17 bits per heavy atom. The van der Waals surface area contributed by atoms with Gasteiger partial charge in [-0.15, -0.1) is 0 Å². The summed E-state index contributed by atoms with van der Waals surface area (Å²) in [6.45, 7) is 8.53. The van der Waals surface area contributed by atoms with E-state index in [2.05, 4.69) is 67.5 Å². The van der Waals surface area contributed by atoms with Crippen LogP contribution in [0.2, 0.25) is 0 Å². The largest absolute Gasteiger partial charge is 0.364 e. The Morgan fingerprint density at radius 3 is 2.39 bits per heavy atom. The van der Waals surface area contributed by atoms with Crippen LogP contribution in [-0.2, 0) is 6.42 Å². The standard InChI is InChI=1S/C15H21N3/c1-5-11-6-8-12(9-7-11)13-10-14(18-17-13)16-15(2,3)4/h6-10H,5H2,1-4H3,(H2,16,17,18). The monoisotopic (exact) mass is 243 g/mol. The van der Waals surface area contributed by atoms with Crippen molar-refractivity contribution in [2.24, 2.45) is 0 Å². The normalized spacial score (nSPS) is 11.6. The Morgan fingerprint density at radius 2 is 1.83 bits per heavy atom. The highest BCUT2D eigenvalue weighted by Gasteiger charge is 2.11. The van der Waals surface area contributed by atoms with Crippen molar-refractivity contribution in [3.8, 4) is 11.3 Å². The van der Waals surface area contributed by atoms with Crippen molar-refractivity contribution in [2.75, 3.05) is 5.32 Å². The van der Waals surface area contributed by atoms with E-state index in [1.54, 1.807) is 0 Å². The second kappa shape index (κ2) is 4.84. The molecule has 1 aromatic heterocycles. The second-order valence-corrected chi connectivity index (χ2v) is 5.59. The molecule has 0 spiro atoms. The van der Waals surface area contributed by atoms with Crippen LogP contribution in [-0.4, -0.2) is 15.7 Å². The van der Waals surface area contributed by atoms with E-state index in [-0.39, 0.29) is 5.54 Å². The predicted octanol–water partition coefficient (Wildman–Crippen LogP) is 3.85. The number of benzene rings is 1. The number of aromatic nitrogens is 2. The number of nitrogens with one attached hydrogen (secondary N) is 2. The van der Waals surface area contributed by atoms with Gasteiger partial charge in [-0.05, 0) is 38.3 Å². The summed E-state index contributed by atoms with van der Waals surface area (Å²) in [4.78, 5) is 0. The fourth-order valence-electron chi connectivity index (χ4n) is 1.84. The Labute approximate surface area is 109 Å². The average Bonchev–Trinajstić information content (AvgIpc) is 2.75. The first-order chi connectivity index (χ1) is 8.48. The lowest BCUT2D eigenvalue weighted by Gasteiger charge is -2.19. The van der Waals surface area contributed by atoms with Crippen LogP contribution in [0.1, 0.15) is 33.3 Å². The minimum atomic E-state index is 0.0263. The zero-order chi connectivity index (χ0) is 13.2. The smallest absolute Gasteiger partial charge is 0.148 e. The molecule has 1 heterocycles. The number of nitrogens with zero attached hydrogens (tertiary/aromatic N) is 1. The molecule has 0 aliphatic heterocycles. The first-order valence-electron chi connectivity index (χ1n) is 6.41. The molecule has 0 fully saturated rings. The molecule has 2 N–H and O–H groups in total. The van der Waals surface area contributed by atoms with E-state index in [9.17, 15) is 0 Å². The van der Waals surface area contributed by atoms with E-state index >= 15 is 0 Å². The Bertz CT molecular complexity index is 503. The Balaban J connectivity index is 2.18. The van der Waals surface area contributed by atoms with Crippen LogP contribution < -0.4 is 5.32 Å². The van der Waals surface area contributed by atoms with Crippen LogP contribution in [0.25, 0.3) is 11.3 Å². The SMILES string of the molecule is CCc1ccc(-c2cc(NC(C)(C)C)n[nH]2)cc1. The fourth-order valence-corrected chi connectivity index (χ4v) is 1.84. The summed E-state index contributed by atoms with van der Waals surface area (Å²) in [7, 11) is 0. The molecule has 0 radical (unpaired) electrons. The summed E-state index contributed by atoms with van der Waals surface area (Å²) in [5.41, 5.74) is 3.59. The zero-order valence-corrected chi connectivity index (χ0v) is 11.5. The maximum atomic E-state index is 4.28. The van der Waals surface area contributed by atoms with E-state index in [1.165, 1.54) is 11.1 Å². The number of rotatable bonds is 3. The molecule has 0 bridgehead atoms. The van der Waals surface area contributed by atoms with Gasteiger partial charge in [0, 0.05) is 11.6 Å². The van der Waals surface area contributed by atoms with E-state index in [1.807, 2.05) is 6.07 Å². The number of aryl methyl sites for hydroxylation is 1. The lowest BCUT2D eigenvalue weighted by molar-refractivity contribution is 0.630. The lowest BCUT2D eigenvalue weighted by Crippen LogP contribution is -2.26. The van der Waals surface area contributed by atoms with Crippen LogP contribution in [0.5, 0.6) is 0 Å². The molecule has 0 aliphatic rings. The molecule has 0 aliphatic carbocycles. The van der Waals surface area contributed by atoms with Crippen molar-refractivity contribution in [3.05, 3.63) is 35.9 Å². The third kappa shape index (κ3) is 3.13. The number of H-pyrrole nitrogens is 1. The molecule has 3 heteroatoms. The number of hydrogen-bond acceptors (Lipinski definition) is 2. The average molecular weight is 243 g/mol. The van der Waals surface area contributed by atoms with Crippen molar-refractivity contribution >= 4 is 5.82 Å². The first kappa shape index (κ1) is 12.7. The zero-order valence-electron chi connectivity index (χ0n) is 11.5. The van der Waals surface area contributed by atoms with Crippen LogP contribution in [0.4, 0.5) is 5.82 Å². The summed E-state index contributed by atoms with van der Waals surface area (Å²) in [5.74, 6) is 0.886. The van der Waals surface area contributed by atoms with Gasteiger partial charge in [0.1, 0.15) is 5.82 Å². The third-order valence-electron chi connectivity index (χ3n) is 2.75. The first-order valence-corrected chi connectivity index (χ1v) is 6.41. The molecule has 3 nitrogen and oxygen atoms in total. The molecular formula is C15H21N3. The Hall–Kier alpha value is -1.77. The summed E-state index contributed by atoms with van der Waals surface area (Å²) < 4.78 is 0. The highest BCUT2D eigenvalue weighted by molar-refractivity contribution is 5.63. The van der Waals surface area contributed by atoms with E-state index < -0.39 is 0 Å². The number of hydrogen-bond donors (Lipinski definition) is 2. The van der Waals surface area contributed by atoms with Gasteiger partial charge in [-0.1, -0.05) is 31.2 Å². The van der Waals surface area contributed by atoms with Gasteiger partial charge in [0.05, 0.1) is 5.69 Å². The molecule has 2 aromatic rings. The number of aromatic amines is 1. The van der Waals surface area contributed by atoms with Crippen molar-refractivity contribution in [3.63, 3.8) is 0 Å². The fraction of sp³-hybridized carbons (Fsp3) is 0.400. The minimum Gasteiger partial charge on any atom is -0.364 e. The highest BCUT2D eigenvalue weighted by Crippen LogP contribution is 2.22. The molecule has 1 aromatic carbocycles. The highest BCUT2D eigenvalue weighted by atomic mass is 15.2. The molecule has 0 atom stereocenters. The summed E-state index contributed by atoms with van der Waals surface area (Å²) in [5, 5.41) is 10.7. The van der Waals surface area contributed by atoms with Crippen molar-refractivity contribution in [1.82, 2.24) is 10.2 Å². The molecule has 0 saturated heterocycles. The van der Waals surface area contributed by atoms with Crippen LogP contribution in [0.15, 0.2) is 30.3 Å². The van der Waals surface area contributed by atoms with Gasteiger partial charge in [0.15, 0.2) is 0 Å². The summed E-state index contributed by atoms with van der Waals surface area (Å²) >= 11 is 0. The van der Waals surface area contributed by atoms with Gasteiger partial charge < -0.3 is 5.32 Å². The molecule has 0 unspecified atom stereocenters. The van der Waals surface area contributed by atoms with Gasteiger partial charge in [-0.2, -0.15) is 5.10 Å². The van der Waals surface area contributed by atoms with Crippen LogP contribution >= 0.6 is 0 Å². The maximum Gasteiger partial charge on any atom is 0.148 e. The minimum absolute atomic E-state index is 0.0263. The third-order valence-corrected chi connectivity index (χ3v) is 2.75. The van der Waals surface area contributed by atoms with E-state index in [4.69, 9.17) is 0 Å². The van der Waals surface area contributed by atoms with Crippen molar-refractivity contribution < 1.29 is 0 Å². The van der Waals surface area contributed by atoms with Gasteiger partial charge in [0.25, 0.3) is 0 Å². The van der Waals surface area contributed by atoms with Crippen LogP contribution in [0.3, 0.4) is 0 Å². The van der Waals surface area contributed by atoms with E-state index in [0.717, 1.165) is 17.9 Å². The molecule has 0 saturated carbocycles. The molecule has 18 heavy (non-hydrogen) atoms. The van der Waals surface area contributed by atoms with Gasteiger partial charge in [-0.3, -0.25) is 5.10 Å². The van der Waals surface area contributed by atoms with Crippen molar-refractivity contribution in [2.45, 2.75) is 39.7 Å². The van der Waals surface area contributed by atoms with Crippen LogP contribution in [0, 0.1) is 0 Å². The topological polar surface area (TPSA) is 40.7 Å². The molecule has 96 valence electrons.